The first-order chi connectivity index (χ1) is 10.6. The van der Waals surface area contributed by atoms with Gasteiger partial charge in [-0.15, -0.1) is 0 Å². The van der Waals surface area contributed by atoms with Crippen LogP contribution in [0.4, 0.5) is 0 Å². The van der Waals surface area contributed by atoms with Crippen LogP contribution in [-0.4, -0.2) is 41.1 Å². The van der Waals surface area contributed by atoms with Crippen molar-refractivity contribution in [3.8, 4) is 0 Å². The van der Waals surface area contributed by atoms with Crippen LogP contribution in [0.25, 0.3) is 0 Å². The van der Waals surface area contributed by atoms with Crippen molar-refractivity contribution in [3.05, 3.63) is 23.7 Å². The molecule has 3 atom stereocenters. The maximum Gasteiger partial charge on any atom is 0.326 e. The van der Waals surface area contributed by atoms with Crippen LogP contribution >= 0.6 is 0 Å². The second kappa shape index (κ2) is 6.12. The highest BCUT2D eigenvalue weighted by Crippen LogP contribution is 2.40. The van der Waals surface area contributed by atoms with E-state index in [4.69, 9.17) is 9.15 Å². The maximum atomic E-state index is 12.8. The summed E-state index contributed by atoms with van der Waals surface area (Å²) in [5.41, 5.74) is 0. The first-order valence-electron chi connectivity index (χ1n) is 7.75. The molecule has 1 aliphatic heterocycles. The number of amides is 1. The number of rotatable bonds is 4. The molecule has 1 aromatic rings. The summed E-state index contributed by atoms with van der Waals surface area (Å²) in [7, 11) is 1.55. The fraction of sp³-hybridized carbons (Fsp3) is 0.625. The van der Waals surface area contributed by atoms with Gasteiger partial charge < -0.3 is 19.2 Å². The molecule has 6 heteroatoms. The minimum atomic E-state index is -0.925. The number of carbonyl (C=O) groups excluding carboxylic acids is 1. The highest BCUT2D eigenvalue weighted by molar-refractivity contribution is 5.95. The summed E-state index contributed by atoms with van der Waals surface area (Å²) in [6, 6.07) is 2.59. The van der Waals surface area contributed by atoms with Crippen molar-refractivity contribution in [2.45, 2.75) is 50.8 Å². The quantitative estimate of drug-likeness (QED) is 0.923. The number of aliphatic carboxylic acids is 1. The molecule has 3 rings (SSSR count). The van der Waals surface area contributed by atoms with Gasteiger partial charge in [0, 0.05) is 13.2 Å². The number of carbonyl (C=O) groups is 2. The summed E-state index contributed by atoms with van der Waals surface area (Å²) >= 11 is 0. The molecule has 0 unspecified atom stereocenters. The third-order valence-corrected chi connectivity index (χ3v) is 4.77. The third kappa shape index (κ3) is 2.63. The minimum absolute atomic E-state index is 0.0262. The zero-order chi connectivity index (χ0) is 15.7. The fourth-order valence-corrected chi connectivity index (χ4v) is 3.81. The van der Waals surface area contributed by atoms with E-state index in [1.165, 1.54) is 0 Å². The number of ether oxygens (including phenoxy) is 1. The summed E-state index contributed by atoms with van der Waals surface area (Å²) in [4.78, 5) is 25.9. The zero-order valence-corrected chi connectivity index (χ0v) is 12.7. The number of carboxylic acids is 1. The number of likely N-dealkylation sites (tertiary alicyclic amines) is 1. The molecule has 1 saturated carbocycles. The van der Waals surface area contributed by atoms with Crippen molar-refractivity contribution in [2.24, 2.45) is 5.92 Å². The van der Waals surface area contributed by atoms with E-state index in [-0.39, 0.29) is 17.7 Å². The molecule has 1 aromatic heterocycles. The molecule has 0 radical (unpaired) electrons. The van der Waals surface area contributed by atoms with Gasteiger partial charge in [0.1, 0.15) is 18.4 Å². The Labute approximate surface area is 129 Å². The standard InChI is InChI=1S/C16H21NO5/c1-21-9-11-6-7-14(22-11)15(18)17-12-5-3-2-4-10(12)8-13(17)16(19)20/h6-7,10,12-13H,2-5,8-9H2,1H3,(H,19,20)/t10-,12+,13+/m1/s1. The Hall–Kier alpha value is -1.82. The predicted molar refractivity (Wildman–Crippen MR) is 77.4 cm³/mol. The Kier molecular flexibility index (Phi) is 4.20. The summed E-state index contributed by atoms with van der Waals surface area (Å²) in [6.07, 6.45) is 4.60. The topological polar surface area (TPSA) is 80.0 Å². The van der Waals surface area contributed by atoms with Gasteiger partial charge in [-0.1, -0.05) is 12.8 Å². The molecule has 1 aliphatic carbocycles. The van der Waals surface area contributed by atoms with Gasteiger partial charge in [-0.3, -0.25) is 4.79 Å². The monoisotopic (exact) mass is 307 g/mol. The van der Waals surface area contributed by atoms with Crippen LogP contribution < -0.4 is 0 Å². The van der Waals surface area contributed by atoms with E-state index in [1.54, 1.807) is 24.1 Å². The average molecular weight is 307 g/mol. The van der Waals surface area contributed by atoms with Crippen molar-refractivity contribution in [3.63, 3.8) is 0 Å². The lowest BCUT2D eigenvalue weighted by Gasteiger charge is -2.32. The molecular formula is C16H21NO5. The van der Waals surface area contributed by atoms with Crippen LogP contribution in [0.3, 0.4) is 0 Å². The second-order valence-electron chi connectivity index (χ2n) is 6.11. The van der Waals surface area contributed by atoms with E-state index in [2.05, 4.69) is 0 Å². The molecule has 2 heterocycles. The van der Waals surface area contributed by atoms with E-state index in [0.29, 0.717) is 24.7 Å². The molecular weight excluding hydrogens is 286 g/mol. The minimum Gasteiger partial charge on any atom is -0.480 e. The number of nitrogens with zero attached hydrogens (tertiary/aromatic N) is 1. The van der Waals surface area contributed by atoms with Crippen LogP contribution in [0.15, 0.2) is 16.5 Å². The second-order valence-corrected chi connectivity index (χ2v) is 6.11. The summed E-state index contributed by atoms with van der Waals surface area (Å²) in [5.74, 6) is -0.176. The average Bonchev–Trinajstić information content (AvgIpc) is 3.11. The number of hydrogen-bond acceptors (Lipinski definition) is 4. The SMILES string of the molecule is COCc1ccc(C(=O)N2[C@H](C(=O)O)C[C@H]3CCCC[C@@H]32)o1. The van der Waals surface area contributed by atoms with Crippen molar-refractivity contribution in [2.75, 3.05) is 7.11 Å². The molecule has 0 aromatic carbocycles. The van der Waals surface area contributed by atoms with Gasteiger partial charge in [-0.05, 0) is 37.3 Å². The molecule has 1 N–H and O–H groups in total. The van der Waals surface area contributed by atoms with Gasteiger partial charge in [0.25, 0.3) is 5.91 Å². The van der Waals surface area contributed by atoms with Crippen LogP contribution in [0.1, 0.15) is 48.4 Å². The Bertz CT molecular complexity index is 567. The molecule has 120 valence electrons. The Morgan fingerprint density at radius 1 is 1.36 bits per heavy atom. The predicted octanol–water partition coefficient (Wildman–Crippen LogP) is 2.28. The summed E-state index contributed by atoms with van der Waals surface area (Å²) in [5, 5.41) is 9.47. The van der Waals surface area contributed by atoms with Crippen molar-refractivity contribution in [1.29, 1.82) is 0 Å². The highest BCUT2D eigenvalue weighted by atomic mass is 16.5. The lowest BCUT2D eigenvalue weighted by molar-refractivity contribution is -0.141. The molecule has 1 amide bonds. The smallest absolute Gasteiger partial charge is 0.326 e. The lowest BCUT2D eigenvalue weighted by Crippen LogP contribution is -2.46. The number of hydrogen-bond donors (Lipinski definition) is 1. The lowest BCUT2D eigenvalue weighted by atomic mass is 9.84. The number of fused-ring (bicyclic) bond motifs is 1. The van der Waals surface area contributed by atoms with Crippen LogP contribution in [0.2, 0.25) is 0 Å². The Balaban J connectivity index is 1.85. The van der Waals surface area contributed by atoms with Gasteiger partial charge in [-0.2, -0.15) is 0 Å². The van der Waals surface area contributed by atoms with Crippen molar-refractivity contribution in [1.82, 2.24) is 4.90 Å². The summed E-state index contributed by atoms with van der Waals surface area (Å²) in [6.45, 7) is 0.293. The van der Waals surface area contributed by atoms with Gasteiger partial charge >= 0.3 is 5.97 Å². The fourth-order valence-electron chi connectivity index (χ4n) is 3.81. The van der Waals surface area contributed by atoms with E-state index < -0.39 is 12.0 Å². The van der Waals surface area contributed by atoms with Crippen molar-refractivity contribution < 1.29 is 23.8 Å². The first-order valence-corrected chi connectivity index (χ1v) is 7.75. The molecule has 0 spiro atoms. The molecule has 6 nitrogen and oxygen atoms in total. The molecule has 2 aliphatic rings. The van der Waals surface area contributed by atoms with Crippen molar-refractivity contribution >= 4 is 11.9 Å². The zero-order valence-electron chi connectivity index (χ0n) is 12.7. The van der Waals surface area contributed by atoms with E-state index in [0.717, 1.165) is 25.7 Å². The first kappa shape index (κ1) is 15.1. The number of furan rings is 1. The van der Waals surface area contributed by atoms with E-state index in [1.807, 2.05) is 0 Å². The van der Waals surface area contributed by atoms with Gasteiger partial charge in [0.05, 0.1) is 0 Å². The van der Waals surface area contributed by atoms with Crippen LogP contribution in [0.5, 0.6) is 0 Å². The molecule has 1 saturated heterocycles. The molecule has 2 fully saturated rings. The van der Waals surface area contributed by atoms with E-state index >= 15 is 0 Å². The summed E-state index contributed by atoms with van der Waals surface area (Å²) < 4.78 is 10.5. The number of methoxy groups -OCH3 is 1. The number of carboxylic acid groups (broad SMARTS) is 1. The molecule has 0 bridgehead atoms. The normalized spacial score (nSPS) is 27.7. The Morgan fingerprint density at radius 3 is 2.86 bits per heavy atom. The largest absolute Gasteiger partial charge is 0.480 e. The van der Waals surface area contributed by atoms with Gasteiger partial charge in [0.2, 0.25) is 0 Å². The van der Waals surface area contributed by atoms with Gasteiger partial charge in [-0.25, -0.2) is 4.79 Å². The van der Waals surface area contributed by atoms with Gasteiger partial charge in [0.15, 0.2) is 5.76 Å². The third-order valence-electron chi connectivity index (χ3n) is 4.77. The Morgan fingerprint density at radius 2 is 2.14 bits per heavy atom. The van der Waals surface area contributed by atoms with Crippen LogP contribution in [0, 0.1) is 5.92 Å². The molecule has 22 heavy (non-hydrogen) atoms. The maximum absolute atomic E-state index is 12.8. The van der Waals surface area contributed by atoms with E-state index in [9.17, 15) is 14.7 Å². The van der Waals surface area contributed by atoms with Crippen LogP contribution in [-0.2, 0) is 16.1 Å². The highest BCUT2D eigenvalue weighted by Gasteiger charge is 2.48.